The summed E-state index contributed by atoms with van der Waals surface area (Å²) >= 11 is 0. The topological polar surface area (TPSA) is 20.2 Å². The van der Waals surface area contributed by atoms with Gasteiger partial charge in [0, 0.05) is 5.92 Å². The minimum Gasteiger partial charge on any atom is -0.380 e. The molecule has 1 heteroatoms. The summed E-state index contributed by atoms with van der Waals surface area (Å²) in [5.41, 5.74) is 4.47. The first-order valence-corrected chi connectivity index (χ1v) is 13.6. The standard InChI is InChI=1S/C35H34O/c36-35(30-17-9-3-10-18-30,31-19-11-4-12-20-31)32-26-21-33(28-13-5-1-6-14-28)22-27(32)24-34(23-26,25-33)29-15-7-2-8-16-29/h1-20,26-27,32,36H,21-25H2. The van der Waals surface area contributed by atoms with Crippen LogP contribution in [0.1, 0.15) is 54.4 Å². The highest BCUT2D eigenvalue weighted by Crippen LogP contribution is 2.70. The Hall–Kier alpha value is -3.16. The van der Waals surface area contributed by atoms with Gasteiger partial charge in [0.05, 0.1) is 0 Å². The fourth-order valence-corrected chi connectivity index (χ4v) is 9.02. The average Bonchev–Trinajstić information content (AvgIpc) is 2.94. The van der Waals surface area contributed by atoms with E-state index in [1.807, 2.05) is 0 Å². The molecule has 1 N–H and O–H groups in total. The van der Waals surface area contributed by atoms with Crippen LogP contribution < -0.4 is 0 Å². The third-order valence-electron chi connectivity index (χ3n) is 9.99. The molecule has 0 heterocycles. The lowest BCUT2D eigenvalue weighted by molar-refractivity contribution is -0.148. The largest absolute Gasteiger partial charge is 0.380 e. The van der Waals surface area contributed by atoms with E-state index in [0.717, 1.165) is 36.8 Å². The van der Waals surface area contributed by atoms with Crippen LogP contribution >= 0.6 is 0 Å². The SMILES string of the molecule is OC(c1ccccc1)(c1ccccc1)C1C2CC3(c4ccccc4)CC1CC(c1ccccc1)(C2)C3. The van der Waals surface area contributed by atoms with E-state index in [0.29, 0.717) is 11.8 Å². The monoisotopic (exact) mass is 470 g/mol. The predicted octanol–water partition coefficient (Wildman–Crippen LogP) is 7.64. The molecule has 8 rings (SSSR count). The van der Waals surface area contributed by atoms with Gasteiger partial charge in [-0.05, 0) is 77.0 Å². The first kappa shape index (κ1) is 22.1. The Bertz CT molecular complexity index is 1220. The summed E-state index contributed by atoms with van der Waals surface area (Å²) in [4.78, 5) is 0. The van der Waals surface area contributed by atoms with Crippen LogP contribution in [0, 0.1) is 17.8 Å². The average molecular weight is 471 g/mol. The van der Waals surface area contributed by atoms with Crippen LogP contribution in [0.15, 0.2) is 121 Å². The van der Waals surface area contributed by atoms with Crippen molar-refractivity contribution in [3.63, 3.8) is 0 Å². The molecule has 1 nitrogen and oxygen atoms in total. The fourth-order valence-electron chi connectivity index (χ4n) is 9.02. The fraction of sp³-hybridized carbons (Fsp3) is 0.314. The smallest absolute Gasteiger partial charge is 0.118 e. The number of aliphatic hydroxyl groups is 1. The molecule has 0 saturated heterocycles. The van der Waals surface area contributed by atoms with Crippen molar-refractivity contribution >= 4 is 0 Å². The van der Waals surface area contributed by atoms with Gasteiger partial charge in [-0.15, -0.1) is 0 Å². The predicted molar refractivity (Wildman–Crippen MR) is 146 cm³/mol. The molecule has 0 atom stereocenters. The van der Waals surface area contributed by atoms with Crippen LogP contribution in [0.2, 0.25) is 0 Å². The second-order valence-corrected chi connectivity index (χ2v) is 11.8. The Kier molecular flexibility index (Phi) is 5.02. The summed E-state index contributed by atoms with van der Waals surface area (Å²) in [5.74, 6) is 1.12. The summed E-state index contributed by atoms with van der Waals surface area (Å²) in [6, 6.07) is 43.6. The third-order valence-corrected chi connectivity index (χ3v) is 9.99. The molecule has 0 radical (unpaired) electrons. The Morgan fingerprint density at radius 2 is 0.833 bits per heavy atom. The maximum atomic E-state index is 12.9. The van der Waals surface area contributed by atoms with Crippen molar-refractivity contribution in [3.05, 3.63) is 144 Å². The normalized spacial score (nSPS) is 30.9. The van der Waals surface area contributed by atoms with Gasteiger partial charge in [-0.3, -0.25) is 0 Å². The second kappa shape index (κ2) is 8.18. The quantitative estimate of drug-likeness (QED) is 0.318. The van der Waals surface area contributed by atoms with Crippen LogP contribution in [-0.2, 0) is 16.4 Å². The van der Waals surface area contributed by atoms with E-state index in [1.165, 1.54) is 17.5 Å². The van der Waals surface area contributed by atoms with Gasteiger partial charge < -0.3 is 5.11 Å². The van der Waals surface area contributed by atoms with Gasteiger partial charge in [0.2, 0.25) is 0 Å². The van der Waals surface area contributed by atoms with E-state index in [-0.39, 0.29) is 16.7 Å². The van der Waals surface area contributed by atoms with Gasteiger partial charge in [0.1, 0.15) is 5.60 Å². The highest BCUT2D eigenvalue weighted by Gasteiger charge is 2.65. The zero-order valence-corrected chi connectivity index (χ0v) is 20.8. The van der Waals surface area contributed by atoms with Crippen LogP contribution in [0.25, 0.3) is 0 Å². The van der Waals surface area contributed by atoms with Crippen LogP contribution in [-0.4, -0.2) is 5.11 Å². The maximum absolute atomic E-state index is 12.9. The molecule has 0 aliphatic heterocycles. The number of hydrogen-bond donors (Lipinski definition) is 1. The van der Waals surface area contributed by atoms with Crippen molar-refractivity contribution in [2.75, 3.05) is 0 Å². The Balaban J connectivity index is 1.40. The number of rotatable bonds is 5. The van der Waals surface area contributed by atoms with Crippen molar-refractivity contribution in [1.29, 1.82) is 0 Å². The van der Waals surface area contributed by atoms with E-state index in [2.05, 4.69) is 121 Å². The summed E-state index contributed by atoms with van der Waals surface area (Å²) in [6.07, 6.45) is 5.87. The molecule has 4 aliphatic carbocycles. The molecule has 4 fully saturated rings. The minimum atomic E-state index is -0.985. The van der Waals surface area contributed by atoms with Gasteiger partial charge in [-0.2, -0.15) is 0 Å². The molecule has 0 unspecified atom stereocenters. The van der Waals surface area contributed by atoms with Crippen LogP contribution in [0.5, 0.6) is 0 Å². The lowest BCUT2D eigenvalue weighted by Crippen LogP contribution is -2.63. The van der Waals surface area contributed by atoms with Gasteiger partial charge in [-0.25, -0.2) is 0 Å². The second-order valence-electron chi connectivity index (χ2n) is 11.8. The van der Waals surface area contributed by atoms with E-state index < -0.39 is 5.60 Å². The molecule has 4 saturated carbocycles. The zero-order chi connectivity index (χ0) is 24.2. The molecule has 4 aromatic carbocycles. The van der Waals surface area contributed by atoms with E-state index in [4.69, 9.17) is 0 Å². The Labute approximate surface area is 214 Å². The highest BCUT2D eigenvalue weighted by molar-refractivity contribution is 5.43. The van der Waals surface area contributed by atoms with Crippen molar-refractivity contribution in [2.24, 2.45) is 17.8 Å². The van der Waals surface area contributed by atoms with Crippen molar-refractivity contribution in [2.45, 2.75) is 48.5 Å². The van der Waals surface area contributed by atoms with E-state index >= 15 is 0 Å². The number of hydrogen-bond acceptors (Lipinski definition) is 1. The summed E-state index contributed by atoms with van der Waals surface area (Å²) in [5, 5.41) is 12.9. The summed E-state index contributed by atoms with van der Waals surface area (Å²) in [6.45, 7) is 0. The van der Waals surface area contributed by atoms with Gasteiger partial charge in [0.15, 0.2) is 0 Å². The lowest BCUT2D eigenvalue weighted by Gasteiger charge is -2.67. The molecule has 0 amide bonds. The summed E-state index contributed by atoms with van der Waals surface area (Å²) in [7, 11) is 0. The van der Waals surface area contributed by atoms with Crippen molar-refractivity contribution < 1.29 is 5.11 Å². The molecular formula is C35H34O. The molecule has 4 aromatic rings. The third kappa shape index (κ3) is 3.19. The van der Waals surface area contributed by atoms with Crippen molar-refractivity contribution in [1.82, 2.24) is 0 Å². The molecule has 180 valence electrons. The summed E-state index contributed by atoms with van der Waals surface area (Å²) < 4.78 is 0. The van der Waals surface area contributed by atoms with E-state index in [1.54, 1.807) is 0 Å². The van der Waals surface area contributed by atoms with Crippen LogP contribution in [0.3, 0.4) is 0 Å². The minimum absolute atomic E-state index is 0.188. The molecule has 0 aromatic heterocycles. The Morgan fingerprint density at radius 1 is 0.500 bits per heavy atom. The van der Waals surface area contributed by atoms with E-state index in [9.17, 15) is 5.11 Å². The molecular weight excluding hydrogens is 436 g/mol. The molecule has 36 heavy (non-hydrogen) atoms. The molecule has 0 spiro atoms. The molecule has 4 aliphatic rings. The van der Waals surface area contributed by atoms with Crippen LogP contribution in [0.4, 0.5) is 0 Å². The van der Waals surface area contributed by atoms with Gasteiger partial charge in [-0.1, -0.05) is 121 Å². The van der Waals surface area contributed by atoms with Gasteiger partial charge in [0.25, 0.3) is 0 Å². The lowest BCUT2D eigenvalue weighted by atomic mass is 9.37. The zero-order valence-electron chi connectivity index (χ0n) is 20.8. The number of benzene rings is 4. The Morgan fingerprint density at radius 3 is 1.19 bits per heavy atom. The maximum Gasteiger partial charge on any atom is 0.118 e. The first-order valence-electron chi connectivity index (χ1n) is 13.6. The molecule has 4 bridgehead atoms. The first-order chi connectivity index (χ1) is 17.6. The highest BCUT2D eigenvalue weighted by atomic mass is 16.3. The van der Waals surface area contributed by atoms with Gasteiger partial charge >= 0.3 is 0 Å². The van der Waals surface area contributed by atoms with Crippen molar-refractivity contribution in [3.8, 4) is 0 Å².